The molecule has 3 aromatic rings. The van der Waals surface area contributed by atoms with Gasteiger partial charge in [0.1, 0.15) is 0 Å². The molecule has 2 N–H and O–H groups in total. The Balaban J connectivity index is 1.92. The number of aromatic amines is 1. The zero-order valence-corrected chi connectivity index (χ0v) is 17.9. The van der Waals surface area contributed by atoms with Crippen LogP contribution in [0, 0.1) is 13.8 Å². The number of hydrogen-bond donors (Lipinski definition) is 2. The number of fused-ring (bicyclic) bond motifs is 1. The normalized spacial score (nSPS) is 10.9. The minimum atomic E-state index is -0.0797. The number of aromatic nitrogens is 1. The highest BCUT2D eigenvalue weighted by molar-refractivity contribution is 7.80. The number of pyridine rings is 1. The smallest absolute Gasteiger partial charge is 0.253 e. The second-order valence-electron chi connectivity index (χ2n) is 7.18. The number of H-pyrrole nitrogens is 1. The van der Waals surface area contributed by atoms with Crippen LogP contribution in [0.5, 0.6) is 0 Å². The molecule has 0 atom stereocenters. The predicted molar refractivity (Wildman–Crippen MR) is 122 cm³/mol. The summed E-state index contributed by atoms with van der Waals surface area (Å²) in [6.07, 6.45) is 0. The summed E-state index contributed by atoms with van der Waals surface area (Å²) in [5.74, 6) is 0. The number of aryl methyl sites for hydroxylation is 2. The van der Waals surface area contributed by atoms with E-state index in [0.717, 1.165) is 27.6 Å². The second kappa shape index (κ2) is 9.67. The average Bonchev–Trinajstić information content (AvgIpc) is 2.72. The zero-order chi connectivity index (χ0) is 20.8. The summed E-state index contributed by atoms with van der Waals surface area (Å²) >= 11 is 5.62. The number of methoxy groups -OCH3 is 1. The Morgan fingerprint density at radius 1 is 1.10 bits per heavy atom. The Labute approximate surface area is 176 Å². The quantitative estimate of drug-likeness (QED) is 0.461. The van der Waals surface area contributed by atoms with Gasteiger partial charge in [-0.25, -0.2) is 0 Å². The van der Waals surface area contributed by atoms with Crippen molar-refractivity contribution in [2.24, 2.45) is 0 Å². The monoisotopic (exact) mass is 409 g/mol. The molecule has 29 heavy (non-hydrogen) atoms. The molecule has 0 aliphatic carbocycles. The highest BCUT2D eigenvalue weighted by Crippen LogP contribution is 2.20. The van der Waals surface area contributed by atoms with Crippen LogP contribution in [0.1, 0.15) is 22.3 Å². The van der Waals surface area contributed by atoms with Crippen LogP contribution in [0.3, 0.4) is 0 Å². The van der Waals surface area contributed by atoms with Crippen molar-refractivity contribution in [2.45, 2.75) is 26.9 Å². The van der Waals surface area contributed by atoms with Crippen molar-refractivity contribution in [1.82, 2.24) is 15.2 Å². The van der Waals surface area contributed by atoms with Gasteiger partial charge in [0.05, 0.1) is 18.7 Å². The average molecular weight is 410 g/mol. The van der Waals surface area contributed by atoms with Crippen molar-refractivity contribution in [3.05, 3.63) is 81.1 Å². The molecule has 6 heteroatoms. The molecular weight excluding hydrogens is 382 g/mol. The van der Waals surface area contributed by atoms with Gasteiger partial charge in [-0.15, -0.1) is 0 Å². The standard InChI is InChI=1S/C23H27N3O2S/c1-16-9-10-17(2)21-20(16)13-19(22(27)25-21)15-26(23(29)24-11-12-28-3)14-18-7-5-4-6-8-18/h4-10,13H,11-12,14-15H2,1-3H3,(H,24,29)(H,25,27). The number of benzene rings is 2. The predicted octanol–water partition coefficient (Wildman–Crippen LogP) is 3.67. The maximum absolute atomic E-state index is 12.8. The van der Waals surface area contributed by atoms with Crippen LogP contribution >= 0.6 is 12.2 Å². The molecule has 0 saturated heterocycles. The Kier molecular flexibility index (Phi) is 7.01. The molecule has 3 rings (SSSR count). The molecule has 0 bridgehead atoms. The molecule has 0 amide bonds. The lowest BCUT2D eigenvalue weighted by Gasteiger charge is -2.26. The second-order valence-corrected chi connectivity index (χ2v) is 7.56. The molecular formula is C23H27N3O2S. The number of nitrogens with one attached hydrogen (secondary N) is 2. The lowest BCUT2D eigenvalue weighted by Crippen LogP contribution is -2.41. The number of hydrogen-bond acceptors (Lipinski definition) is 3. The largest absolute Gasteiger partial charge is 0.383 e. The topological polar surface area (TPSA) is 57.4 Å². The molecule has 0 fully saturated rings. The molecule has 1 heterocycles. The third-order valence-corrected chi connectivity index (χ3v) is 5.37. The first-order chi connectivity index (χ1) is 14.0. The van der Waals surface area contributed by atoms with Gasteiger partial charge in [-0.1, -0.05) is 42.5 Å². The van der Waals surface area contributed by atoms with Gasteiger partial charge in [0, 0.05) is 31.1 Å². The summed E-state index contributed by atoms with van der Waals surface area (Å²) in [4.78, 5) is 17.9. The van der Waals surface area contributed by atoms with Gasteiger partial charge in [0.2, 0.25) is 0 Å². The van der Waals surface area contributed by atoms with Crippen LogP contribution in [0.15, 0.2) is 53.3 Å². The highest BCUT2D eigenvalue weighted by Gasteiger charge is 2.15. The third-order valence-electron chi connectivity index (χ3n) is 4.97. The fourth-order valence-corrected chi connectivity index (χ4v) is 3.55. The molecule has 152 valence electrons. The van der Waals surface area contributed by atoms with E-state index in [1.54, 1.807) is 7.11 Å². The first kappa shape index (κ1) is 21.0. The van der Waals surface area contributed by atoms with Gasteiger partial charge in [-0.2, -0.15) is 0 Å². The first-order valence-electron chi connectivity index (χ1n) is 9.67. The minimum absolute atomic E-state index is 0.0797. The summed E-state index contributed by atoms with van der Waals surface area (Å²) in [5, 5.41) is 4.89. The van der Waals surface area contributed by atoms with E-state index in [1.165, 1.54) is 0 Å². The van der Waals surface area contributed by atoms with E-state index >= 15 is 0 Å². The minimum Gasteiger partial charge on any atom is -0.383 e. The van der Waals surface area contributed by atoms with Crippen LogP contribution in [-0.4, -0.2) is 35.3 Å². The van der Waals surface area contributed by atoms with Crippen LogP contribution in [-0.2, 0) is 17.8 Å². The zero-order valence-electron chi connectivity index (χ0n) is 17.1. The van der Waals surface area contributed by atoms with Crippen molar-refractivity contribution in [1.29, 1.82) is 0 Å². The van der Waals surface area contributed by atoms with E-state index in [0.29, 0.717) is 36.9 Å². The Hall–Kier alpha value is -2.70. The molecule has 0 spiro atoms. The van der Waals surface area contributed by atoms with E-state index in [4.69, 9.17) is 17.0 Å². The van der Waals surface area contributed by atoms with Crippen molar-refractivity contribution >= 4 is 28.2 Å². The van der Waals surface area contributed by atoms with E-state index in [2.05, 4.69) is 35.4 Å². The summed E-state index contributed by atoms with van der Waals surface area (Å²) < 4.78 is 5.10. The molecule has 0 aliphatic rings. The summed E-state index contributed by atoms with van der Waals surface area (Å²) in [7, 11) is 1.66. The van der Waals surface area contributed by atoms with Gasteiger partial charge in [-0.3, -0.25) is 4.79 Å². The Morgan fingerprint density at radius 3 is 2.55 bits per heavy atom. The van der Waals surface area contributed by atoms with E-state index < -0.39 is 0 Å². The van der Waals surface area contributed by atoms with Crippen molar-refractivity contribution in [3.8, 4) is 0 Å². The lowest BCUT2D eigenvalue weighted by atomic mass is 10.0. The maximum atomic E-state index is 12.8. The molecule has 2 aromatic carbocycles. The van der Waals surface area contributed by atoms with Crippen molar-refractivity contribution in [3.63, 3.8) is 0 Å². The summed E-state index contributed by atoms with van der Waals surface area (Å²) in [6, 6.07) is 16.2. The van der Waals surface area contributed by atoms with Gasteiger partial charge < -0.3 is 19.9 Å². The lowest BCUT2D eigenvalue weighted by molar-refractivity contribution is 0.202. The van der Waals surface area contributed by atoms with Gasteiger partial charge in [-0.05, 0) is 48.8 Å². The van der Waals surface area contributed by atoms with Crippen LogP contribution < -0.4 is 10.9 Å². The maximum Gasteiger partial charge on any atom is 0.253 e. The Morgan fingerprint density at radius 2 is 1.83 bits per heavy atom. The molecule has 5 nitrogen and oxygen atoms in total. The number of nitrogens with zero attached hydrogens (tertiary/aromatic N) is 1. The molecule has 0 unspecified atom stereocenters. The van der Waals surface area contributed by atoms with Gasteiger partial charge in [0.25, 0.3) is 5.56 Å². The Bertz CT molecular complexity index is 1050. The number of rotatable bonds is 7. The van der Waals surface area contributed by atoms with Crippen LogP contribution in [0.25, 0.3) is 10.9 Å². The summed E-state index contributed by atoms with van der Waals surface area (Å²) in [6.45, 7) is 6.29. The van der Waals surface area contributed by atoms with Crippen LogP contribution in [0.4, 0.5) is 0 Å². The number of ether oxygens (including phenoxy) is 1. The SMILES string of the molecule is COCCNC(=S)N(Cc1ccccc1)Cc1cc2c(C)ccc(C)c2[nH]c1=O. The van der Waals surface area contributed by atoms with E-state index in [9.17, 15) is 4.79 Å². The molecule has 0 saturated carbocycles. The van der Waals surface area contributed by atoms with Crippen molar-refractivity contribution < 1.29 is 4.74 Å². The van der Waals surface area contributed by atoms with E-state index in [-0.39, 0.29) is 5.56 Å². The number of thiocarbonyl (C=S) groups is 1. The van der Waals surface area contributed by atoms with Crippen molar-refractivity contribution in [2.75, 3.05) is 20.3 Å². The van der Waals surface area contributed by atoms with Crippen LogP contribution in [0.2, 0.25) is 0 Å². The van der Waals surface area contributed by atoms with Gasteiger partial charge >= 0.3 is 0 Å². The van der Waals surface area contributed by atoms with E-state index in [1.807, 2.05) is 42.2 Å². The third kappa shape index (κ3) is 5.22. The van der Waals surface area contributed by atoms with Gasteiger partial charge in [0.15, 0.2) is 5.11 Å². The first-order valence-corrected chi connectivity index (χ1v) is 10.1. The fraction of sp³-hybridized carbons (Fsp3) is 0.304. The molecule has 1 aromatic heterocycles. The summed E-state index contributed by atoms with van der Waals surface area (Å²) in [5.41, 5.74) is 4.84. The molecule has 0 radical (unpaired) electrons. The highest BCUT2D eigenvalue weighted by atomic mass is 32.1. The fourth-order valence-electron chi connectivity index (χ4n) is 3.32. The molecule has 0 aliphatic heterocycles.